The molecule has 0 bridgehead atoms. The quantitative estimate of drug-likeness (QED) is 0.630. The van der Waals surface area contributed by atoms with E-state index in [9.17, 15) is 9.59 Å². The lowest BCUT2D eigenvalue weighted by Crippen LogP contribution is -2.55. The number of hydrogen-bond donors (Lipinski definition) is 4. The fraction of sp³-hybridized carbons (Fsp3) is 0.500. The summed E-state index contributed by atoms with van der Waals surface area (Å²) in [5.41, 5.74) is -0.525. The number of urea groups is 1. The first-order chi connectivity index (χ1) is 10.1. The van der Waals surface area contributed by atoms with Crippen molar-refractivity contribution in [2.24, 2.45) is 0 Å². The van der Waals surface area contributed by atoms with Crippen molar-refractivity contribution in [1.82, 2.24) is 20.6 Å². The molecule has 7 heteroatoms. The first-order valence-electron chi connectivity index (χ1n) is 7.11. The molecule has 0 saturated heterocycles. The van der Waals surface area contributed by atoms with E-state index >= 15 is 0 Å². The Labute approximate surface area is 121 Å². The number of aromatic carboxylic acids is 1. The van der Waals surface area contributed by atoms with E-state index in [1.807, 2.05) is 0 Å². The predicted molar refractivity (Wildman–Crippen MR) is 74.9 cm³/mol. The molecule has 0 unspecified atom stereocenters. The highest BCUT2D eigenvalue weighted by molar-refractivity contribution is 5.85. The molecule has 0 radical (unpaired) electrons. The number of hydrogen-bond acceptors (Lipinski definition) is 3. The number of carbonyl (C=O) groups excluding carboxylic acids is 1. The number of carbonyl (C=O) groups is 2. The molecule has 1 saturated carbocycles. The van der Waals surface area contributed by atoms with E-state index < -0.39 is 11.5 Å². The standard InChI is InChI=1S/C14H18N4O3/c19-11(20)10-8-15-12(17-10)14(6-3-7-14)18-13(21)16-9-4-1-2-5-9/h1-2,8-9H,3-7H2,(H,15,17)(H,19,20)(H2,16,18,21). The molecular formula is C14H18N4O3. The van der Waals surface area contributed by atoms with Crippen LogP contribution in [0, 0.1) is 0 Å². The van der Waals surface area contributed by atoms with Gasteiger partial charge in [-0.25, -0.2) is 14.6 Å². The number of aromatic amines is 1. The van der Waals surface area contributed by atoms with Crippen molar-refractivity contribution in [3.8, 4) is 0 Å². The molecule has 2 aliphatic rings. The van der Waals surface area contributed by atoms with Crippen molar-refractivity contribution in [2.75, 3.05) is 0 Å². The molecule has 1 aromatic heterocycles. The van der Waals surface area contributed by atoms with Gasteiger partial charge in [0.1, 0.15) is 11.5 Å². The van der Waals surface area contributed by atoms with Crippen molar-refractivity contribution in [3.63, 3.8) is 0 Å². The Kier molecular flexibility index (Phi) is 3.40. The molecule has 2 amide bonds. The summed E-state index contributed by atoms with van der Waals surface area (Å²) in [4.78, 5) is 29.9. The molecular weight excluding hydrogens is 272 g/mol. The second kappa shape index (κ2) is 5.23. The van der Waals surface area contributed by atoms with Crippen molar-refractivity contribution in [1.29, 1.82) is 0 Å². The largest absolute Gasteiger partial charge is 0.477 e. The molecule has 1 aromatic rings. The highest BCUT2D eigenvalue weighted by atomic mass is 16.4. The van der Waals surface area contributed by atoms with Gasteiger partial charge in [0.15, 0.2) is 0 Å². The van der Waals surface area contributed by atoms with E-state index in [4.69, 9.17) is 5.11 Å². The van der Waals surface area contributed by atoms with Crippen LogP contribution in [0.25, 0.3) is 0 Å². The maximum absolute atomic E-state index is 12.1. The van der Waals surface area contributed by atoms with Crippen LogP contribution in [0.1, 0.15) is 48.4 Å². The van der Waals surface area contributed by atoms with Crippen LogP contribution in [0.2, 0.25) is 0 Å². The molecule has 4 N–H and O–H groups in total. The van der Waals surface area contributed by atoms with Crippen LogP contribution in [-0.2, 0) is 5.54 Å². The second-order valence-corrected chi connectivity index (χ2v) is 5.62. The average Bonchev–Trinajstić information content (AvgIpc) is 3.04. The van der Waals surface area contributed by atoms with Crippen molar-refractivity contribution in [3.05, 3.63) is 29.9 Å². The Hall–Kier alpha value is -2.31. The Balaban J connectivity index is 1.67. The van der Waals surface area contributed by atoms with Gasteiger partial charge in [0.2, 0.25) is 0 Å². The Morgan fingerprint density at radius 3 is 2.57 bits per heavy atom. The van der Waals surface area contributed by atoms with Gasteiger partial charge >= 0.3 is 12.0 Å². The molecule has 0 atom stereocenters. The minimum atomic E-state index is -1.05. The van der Waals surface area contributed by atoms with E-state index in [1.165, 1.54) is 6.20 Å². The monoisotopic (exact) mass is 290 g/mol. The maximum atomic E-state index is 12.1. The van der Waals surface area contributed by atoms with Crippen molar-refractivity contribution in [2.45, 2.75) is 43.7 Å². The van der Waals surface area contributed by atoms with Gasteiger partial charge in [-0.15, -0.1) is 0 Å². The number of carboxylic acids is 1. The molecule has 7 nitrogen and oxygen atoms in total. The lowest BCUT2D eigenvalue weighted by Gasteiger charge is -2.40. The molecule has 0 aliphatic heterocycles. The molecule has 21 heavy (non-hydrogen) atoms. The first kappa shape index (κ1) is 13.7. The summed E-state index contributed by atoms with van der Waals surface area (Å²) in [7, 11) is 0. The SMILES string of the molecule is O=C(NC1CC=CC1)NC1(c2ncc(C(=O)O)[nH]2)CCC1. The zero-order valence-corrected chi connectivity index (χ0v) is 11.6. The molecule has 2 aliphatic carbocycles. The number of rotatable bonds is 4. The Morgan fingerprint density at radius 2 is 2.05 bits per heavy atom. The Bertz CT molecular complexity index is 581. The van der Waals surface area contributed by atoms with Crippen LogP contribution < -0.4 is 10.6 Å². The van der Waals surface area contributed by atoms with Gasteiger partial charge in [-0.05, 0) is 32.1 Å². The molecule has 0 spiro atoms. The lowest BCUT2D eigenvalue weighted by molar-refractivity contribution is 0.0690. The summed E-state index contributed by atoms with van der Waals surface area (Å²) >= 11 is 0. The first-order valence-corrected chi connectivity index (χ1v) is 7.11. The fourth-order valence-electron chi connectivity index (χ4n) is 2.80. The van der Waals surface area contributed by atoms with Crippen LogP contribution in [0.4, 0.5) is 4.79 Å². The van der Waals surface area contributed by atoms with E-state index in [1.54, 1.807) is 0 Å². The number of amides is 2. The lowest BCUT2D eigenvalue weighted by atomic mass is 9.76. The minimum absolute atomic E-state index is 0.0403. The average molecular weight is 290 g/mol. The number of H-pyrrole nitrogens is 1. The molecule has 1 fully saturated rings. The molecule has 1 heterocycles. The van der Waals surface area contributed by atoms with E-state index in [0.717, 1.165) is 32.1 Å². The van der Waals surface area contributed by atoms with Crippen LogP contribution in [0.15, 0.2) is 18.3 Å². The highest BCUT2D eigenvalue weighted by Crippen LogP contribution is 2.39. The maximum Gasteiger partial charge on any atom is 0.353 e. The summed E-state index contributed by atoms with van der Waals surface area (Å²) in [5.74, 6) is -0.532. The van der Waals surface area contributed by atoms with Gasteiger partial charge in [0.25, 0.3) is 0 Å². The van der Waals surface area contributed by atoms with Crippen molar-refractivity contribution >= 4 is 12.0 Å². The number of aromatic nitrogens is 2. The van der Waals surface area contributed by atoms with Gasteiger partial charge in [-0.1, -0.05) is 12.2 Å². The number of carboxylic acid groups (broad SMARTS) is 1. The van der Waals surface area contributed by atoms with Crippen LogP contribution >= 0.6 is 0 Å². The van der Waals surface area contributed by atoms with E-state index in [-0.39, 0.29) is 17.8 Å². The Morgan fingerprint density at radius 1 is 1.33 bits per heavy atom. The summed E-state index contributed by atoms with van der Waals surface area (Å²) in [5, 5.41) is 14.8. The van der Waals surface area contributed by atoms with Crippen LogP contribution in [0.3, 0.4) is 0 Å². The summed E-state index contributed by atoms with van der Waals surface area (Å²) in [6.07, 6.45) is 9.60. The van der Waals surface area contributed by atoms with Crippen molar-refractivity contribution < 1.29 is 14.7 Å². The summed E-state index contributed by atoms with van der Waals surface area (Å²) < 4.78 is 0. The third kappa shape index (κ3) is 2.63. The zero-order valence-electron chi connectivity index (χ0n) is 11.6. The molecule has 3 rings (SSSR count). The summed E-state index contributed by atoms with van der Waals surface area (Å²) in [6.45, 7) is 0. The third-order valence-corrected chi connectivity index (χ3v) is 4.16. The van der Waals surface area contributed by atoms with E-state index in [0.29, 0.717) is 5.82 Å². The van der Waals surface area contributed by atoms with Gasteiger partial charge in [-0.2, -0.15) is 0 Å². The van der Waals surface area contributed by atoms with Gasteiger partial charge < -0.3 is 20.7 Å². The third-order valence-electron chi connectivity index (χ3n) is 4.16. The van der Waals surface area contributed by atoms with Crippen LogP contribution in [0.5, 0.6) is 0 Å². The molecule has 0 aromatic carbocycles. The number of imidazole rings is 1. The minimum Gasteiger partial charge on any atom is -0.477 e. The van der Waals surface area contributed by atoms with Gasteiger partial charge in [0, 0.05) is 6.04 Å². The fourth-order valence-corrected chi connectivity index (χ4v) is 2.80. The molecule has 112 valence electrons. The normalized spacial score (nSPS) is 20.0. The zero-order chi connectivity index (χ0) is 14.9. The van der Waals surface area contributed by atoms with Crippen LogP contribution in [-0.4, -0.2) is 33.1 Å². The highest BCUT2D eigenvalue weighted by Gasteiger charge is 2.43. The topological polar surface area (TPSA) is 107 Å². The second-order valence-electron chi connectivity index (χ2n) is 5.62. The van der Waals surface area contributed by atoms with E-state index in [2.05, 4.69) is 32.8 Å². The van der Waals surface area contributed by atoms with Gasteiger partial charge in [0.05, 0.1) is 11.7 Å². The van der Waals surface area contributed by atoms with Gasteiger partial charge in [-0.3, -0.25) is 0 Å². The smallest absolute Gasteiger partial charge is 0.353 e. The summed E-state index contributed by atoms with van der Waals surface area (Å²) in [6, 6.07) is -0.0787. The number of nitrogens with one attached hydrogen (secondary N) is 3. The number of nitrogens with zero attached hydrogens (tertiary/aromatic N) is 1. The predicted octanol–water partition coefficient (Wildman–Crippen LogP) is 1.50.